The van der Waals surface area contributed by atoms with E-state index in [1.807, 2.05) is 85.8 Å². The van der Waals surface area contributed by atoms with Crippen LogP contribution in [0.3, 0.4) is 0 Å². The second-order valence-electron chi connectivity index (χ2n) is 14.3. The summed E-state index contributed by atoms with van der Waals surface area (Å²) in [5.74, 6) is 0. The Morgan fingerprint density at radius 3 is 0.902 bits per heavy atom. The molecule has 0 N–H and O–H groups in total. The molecule has 15 heteroatoms. The average molecular weight is 934 g/mol. The molecule has 4 aromatic carbocycles. The average Bonchev–Trinajstić information content (AvgIpc) is 3.74. The third-order valence-corrected chi connectivity index (χ3v) is 16.6. The predicted octanol–water partition coefficient (Wildman–Crippen LogP) is 10.5. The lowest BCUT2D eigenvalue weighted by atomic mass is 9.70. The van der Waals surface area contributed by atoms with Gasteiger partial charge in [-0.2, -0.15) is 0 Å². The fraction of sp³-hybridized carbons (Fsp3) is 0.0435. The van der Waals surface area contributed by atoms with E-state index in [0.717, 1.165) is 50.1 Å². The molecule has 4 unspecified atom stereocenters. The molecule has 0 amide bonds. The van der Waals surface area contributed by atoms with Gasteiger partial charge in [-0.1, -0.05) is 65.1 Å². The Kier molecular flexibility index (Phi) is 10.3. The van der Waals surface area contributed by atoms with Crippen LogP contribution in [0.25, 0.3) is 22.3 Å². The number of aromatic nitrogens is 4. The molecule has 1 spiro atoms. The molecular formula is C46H27Cl3N4O4S4. The predicted molar refractivity (Wildman–Crippen MR) is 238 cm³/mol. The summed E-state index contributed by atoms with van der Waals surface area (Å²) in [6.45, 7) is 1.92. The van der Waals surface area contributed by atoms with E-state index in [2.05, 4.69) is 19.9 Å². The molecule has 0 saturated carbocycles. The van der Waals surface area contributed by atoms with Gasteiger partial charge in [0.25, 0.3) is 0 Å². The number of nitrogens with zero attached hydrogens (tertiary/aromatic N) is 4. The highest BCUT2D eigenvalue weighted by atomic mass is 35.5. The van der Waals surface area contributed by atoms with E-state index in [-0.39, 0.29) is 0 Å². The molecule has 4 aromatic heterocycles. The van der Waals surface area contributed by atoms with Crippen molar-refractivity contribution >= 4 is 78.0 Å². The van der Waals surface area contributed by atoms with E-state index in [1.54, 1.807) is 48.7 Å². The maximum Gasteiger partial charge on any atom is 0.132 e. The third kappa shape index (κ3) is 6.76. The van der Waals surface area contributed by atoms with E-state index < -0.39 is 48.6 Å². The minimum absolute atomic E-state index is 0.325. The lowest BCUT2D eigenvalue weighted by Crippen LogP contribution is -2.27. The summed E-state index contributed by atoms with van der Waals surface area (Å²) in [5, 5.41) is 2.63. The zero-order valence-corrected chi connectivity index (χ0v) is 37.1. The summed E-state index contributed by atoms with van der Waals surface area (Å²) < 4.78 is 57.4. The van der Waals surface area contributed by atoms with Crippen molar-refractivity contribution in [3.8, 4) is 22.3 Å². The monoisotopic (exact) mass is 932 g/mol. The van der Waals surface area contributed by atoms with Crippen LogP contribution in [-0.4, -0.2) is 36.8 Å². The Bertz CT molecular complexity index is 2770. The van der Waals surface area contributed by atoms with Gasteiger partial charge in [0.2, 0.25) is 0 Å². The molecule has 0 radical (unpaired) electrons. The summed E-state index contributed by atoms with van der Waals surface area (Å²) in [6.07, 6.45) is 6.07. The molecular weight excluding hydrogens is 907 g/mol. The fourth-order valence-electron chi connectivity index (χ4n) is 8.07. The van der Waals surface area contributed by atoms with Crippen molar-refractivity contribution in [3.63, 3.8) is 0 Å². The van der Waals surface area contributed by atoms with Crippen LogP contribution in [-0.2, 0) is 48.6 Å². The van der Waals surface area contributed by atoms with E-state index >= 15 is 0 Å². The van der Waals surface area contributed by atoms with Gasteiger partial charge in [0.05, 0.1) is 20.5 Å². The van der Waals surface area contributed by atoms with Crippen LogP contribution in [0.2, 0.25) is 15.1 Å². The molecule has 0 fully saturated rings. The smallest absolute Gasteiger partial charge is 0.132 e. The number of aryl methyl sites for hydroxylation is 1. The van der Waals surface area contributed by atoms with Crippen LogP contribution in [0, 0.1) is 6.92 Å². The van der Waals surface area contributed by atoms with Gasteiger partial charge in [0.1, 0.15) is 63.3 Å². The van der Waals surface area contributed by atoms with Crippen molar-refractivity contribution in [2.45, 2.75) is 52.0 Å². The molecule has 4 atom stereocenters. The van der Waals surface area contributed by atoms with Crippen molar-refractivity contribution in [1.29, 1.82) is 0 Å². The standard InChI is InChI=1S/C46H27Cl3N4O4S4/c1-26-2-14-42(50-22-26)58(54)30-6-10-34-35-11-7-31(59(55)43-15-3-27(47)23-51-43)19-39(35)46(38(34)18-30)40-20-32(60(56)44-16-4-28(48)24-52-44)8-12-36(40)37-13-9-33(21-41(37)46)61(57)45-17-5-29(49)25-53-45/h2-25H,1H3. The fourth-order valence-corrected chi connectivity index (χ4v) is 12.4. The second kappa shape index (κ2) is 15.7. The summed E-state index contributed by atoms with van der Waals surface area (Å²) in [4.78, 5) is 19.6. The minimum atomic E-state index is -1.72. The summed E-state index contributed by atoms with van der Waals surface area (Å²) in [5.41, 5.74) is 6.26. The highest BCUT2D eigenvalue weighted by Crippen LogP contribution is 2.64. The topological polar surface area (TPSA) is 120 Å². The minimum Gasteiger partial charge on any atom is -0.247 e. The Balaban J connectivity index is 1.26. The van der Waals surface area contributed by atoms with Gasteiger partial charge in [-0.25, -0.2) is 36.8 Å². The number of rotatable bonds is 8. The second-order valence-corrected chi connectivity index (χ2v) is 21.3. The largest absolute Gasteiger partial charge is 0.247 e. The Labute approximate surface area is 375 Å². The quantitative estimate of drug-likeness (QED) is 0.148. The first-order chi connectivity index (χ1) is 29.5. The van der Waals surface area contributed by atoms with Crippen molar-refractivity contribution < 1.29 is 16.8 Å². The van der Waals surface area contributed by atoms with Gasteiger partial charge in [0.15, 0.2) is 0 Å². The molecule has 0 aliphatic heterocycles. The van der Waals surface area contributed by atoms with Gasteiger partial charge in [-0.05, 0) is 148 Å². The number of hydrogen-bond donors (Lipinski definition) is 0. The van der Waals surface area contributed by atoms with E-state index in [4.69, 9.17) is 34.8 Å². The number of halogens is 3. The Morgan fingerprint density at radius 2 is 0.656 bits per heavy atom. The van der Waals surface area contributed by atoms with Crippen molar-refractivity contribution in [3.05, 3.63) is 189 Å². The molecule has 2 aliphatic rings. The molecule has 8 aromatic rings. The Hall–Kier alpha value is -5.05. The lowest BCUT2D eigenvalue weighted by molar-refractivity contribution is 0.679. The molecule has 0 bridgehead atoms. The maximum absolute atomic E-state index is 14.4. The Morgan fingerprint density at radius 1 is 0.377 bits per heavy atom. The lowest BCUT2D eigenvalue weighted by Gasteiger charge is -2.31. The van der Waals surface area contributed by atoms with Crippen LogP contribution in [0.1, 0.15) is 27.8 Å². The van der Waals surface area contributed by atoms with E-state index in [0.29, 0.717) is 54.8 Å². The van der Waals surface area contributed by atoms with Crippen LogP contribution in [0.5, 0.6) is 0 Å². The molecule has 8 nitrogen and oxygen atoms in total. The summed E-state index contributed by atoms with van der Waals surface area (Å²) in [6, 6.07) is 36.3. The highest BCUT2D eigenvalue weighted by molar-refractivity contribution is 7.85. The molecule has 10 rings (SSSR count). The molecule has 61 heavy (non-hydrogen) atoms. The van der Waals surface area contributed by atoms with Crippen LogP contribution in [0.4, 0.5) is 0 Å². The van der Waals surface area contributed by atoms with Crippen molar-refractivity contribution in [1.82, 2.24) is 19.9 Å². The molecule has 4 heterocycles. The summed E-state index contributed by atoms with van der Waals surface area (Å²) >= 11 is 18.5. The molecule has 2 aliphatic carbocycles. The first kappa shape index (κ1) is 40.0. The first-order valence-electron chi connectivity index (χ1n) is 18.5. The van der Waals surface area contributed by atoms with Gasteiger partial charge < -0.3 is 0 Å². The van der Waals surface area contributed by atoms with Crippen LogP contribution in [0.15, 0.2) is 186 Å². The molecule has 0 saturated heterocycles. The summed E-state index contributed by atoms with van der Waals surface area (Å²) in [7, 11) is -6.84. The molecule has 300 valence electrons. The number of pyridine rings is 4. The van der Waals surface area contributed by atoms with Crippen LogP contribution < -0.4 is 0 Å². The zero-order valence-electron chi connectivity index (χ0n) is 31.5. The van der Waals surface area contributed by atoms with Crippen molar-refractivity contribution in [2.24, 2.45) is 0 Å². The van der Waals surface area contributed by atoms with Crippen molar-refractivity contribution in [2.75, 3.05) is 0 Å². The number of hydrogen-bond acceptors (Lipinski definition) is 8. The van der Waals surface area contributed by atoms with Gasteiger partial charge in [-0.15, -0.1) is 0 Å². The number of benzene rings is 4. The van der Waals surface area contributed by atoms with Gasteiger partial charge >= 0.3 is 0 Å². The number of fused-ring (bicyclic) bond motifs is 10. The highest BCUT2D eigenvalue weighted by Gasteiger charge is 2.53. The maximum atomic E-state index is 14.4. The van der Waals surface area contributed by atoms with Crippen LogP contribution >= 0.6 is 34.8 Å². The third-order valence-electron chi connectivity index (χ3n) is 10.8. The van der Waals surface area contributed by atoms with Gasteiger partial charge in [-0.3, -0.25) is 0 Å². The normalized spacial score (nSPS) is 16.6. The SMILES string of the molecule is Cc1ccc(S(=O)c2ccc3c(c2)C2(c4cc(S(=O)c5ccc(Cl)cn5)ccc4-3)c3cc(S(=O)c4ccc(Cl)cn4)ccc3-c3ccc(S(=O)c4ccc(Cl)cn4)cc32)nc1. The first-order valence-corrected chi connectivity index (χ1v) is 24.3. The van der Waals surface area contributed by atoms with E-state index in [9.17, 15) is 16.8 Å². The van der Waals surface area contributed by atoms with E-state index in [1.165, 1.54) is 18.6 Å². The zero-order chi connectivity index (χ0) is 42.2. The van der Waals surface area contributed by atoms with Gasteiger partial charge in [0, 0.05) is 44.4 Å².